The van der Waals surface area contributed by atoms with Gasteiger partial charge in [0, 0.05) is 28.6 Å². The largest absolute Gasteiger partial charge is 0.423 e. The van der Waals surface area contributed by atoms with Crippen LogP contribution >= 0.6 is 11.6 Å². The van der Waals surface area contributed by atoms with Crippen LogP contribution in [0.3, 0.4) is 0 Å². The van der Waals surface area contributed by atoms with Gasteiger partial charge in [0.1, 0.15) is 6.54 Å². The summed E-state index contributed by atoms with van der Waals surface area (Å²) in [5.41, 5.74) is 1.49. The highest BCUT2D eigenvalue weighted by molar-refractivity contribution is 6.31. The highest BCUT2D eigenvalue weighted by Gasteiger charge is 2.11. The molecule has 0 aliphatic heterocycles. The zero-order chi connectivity index (χ0) is 14.1. The van der Waals surface area contributed by atoms with E-state index in [2.05, 4.69) is 10.2 Å². The Bertz CT molecular complexity index is 776. The molecule has 0 N–H and O–H groups in total. The molecule has 20 heavy (non-hydrogen) atoms. The number of carbonyl (C=O) groups is 1. The summed E-state index contributed by atoms with van der Waals surface area (Å²) >= 11 is 6.02. The van der Waals surface area contributed by atoms with Crippen LogP contribution in [0.1, 0.15) is 29.1 Å². The molecule has 0 unspecified atom stereocenters. The van der Waals surface area contributed by atoms with Gasteiger partial charge in [0.15, 0.2) is 6.29 Å². The first-order valence-corrected chi connectivity index (χ1v) is 6.64. The van der Waals surface area contributed by atoms with Crippen molar-refractivity contribution >= 4 is 28.8 Å². The Kier molecular flexibility index (Phi) is 3.28. The molecule has 0 saturated heterocycles. The number of halogens is 1. The van der Waals surface area contributed by atoms with Gasteiger partial charge in [-0.2, -0.15) is 0 Å². The number of rotatable bonds is 4. The van der Waals surface area contributed by atoms with Crippen molar-refractivity contribution in [2.24, 2.45) is 0 Å². The molecule has 3 aromatic rings. The lowest BCUT2D eigenvalue weighted by molar-refractivity contribution is 0.112. The molecule has 5 nitrogen and oxygen atoms in total. The Labute approximate surface area is 120 Å². The summed E-state index contributed by atoms with van der Waals surface area (Å²) < 4.78 is 7.38. The van der Waals surface area contributed by atoms with Gasteiger partial charge in [-0.15, -0.1) is 10.2 Å². The summed E-state index contributed by atoms with van der Waals surface area (Å²) in [5.74, 6) is 1.11. The summed E-state index contributed by atoms with van der Waals surface area (Å²) in [4.78, 5) is 11.1. The van der Waals surface area contributed by atoms with Gasteiger partial charge in [-0.05, 0) is 12.1 Å². The average molecular weight is 290 g/mol. The molecule has 0 atom stereocenters. The van der Waals surface area contributed by atoms with Crippen LogP contribution in [-0.4, -0.2) is 21.1 Å². The second kappa shape index (κ2) is 5.09. The van der Waals surface area contributed by atoms with Crippen LogP contribution < -0.4 is 0 Å². The molecular weight excluding hydrogens is 278 g/mol. The first-order chi connectivity index (χ1) is 9.71. The number of fused-ring (bicyclic) bond motifs is 1. The van der Waals surface area contributed by atoms with Gasteiger partial charge in [-0.25, -0.2) is 0 Å². The fourth-order valence-corrected chi connectivity index (χ4v) is 2.33. The van der Waals surface area contributed by atoms with Gasteiger partial charge < -0.3 is 8.98 Å². The Morgan fingerprint density at radius 1 is 1.35 bits per heavy atom. The van der Waals surface area contributed by atoms with Crippen molar-refractivity contribution in [1.29, 1.82) is 0 Å². The van der Waals surface area contributed by atoms with Crippen LogP contribution in [0.15, 0.2) is 28.8 Å². The SMILES string of the molecule is CCc1nnc(Cn2cc(C=O)c3ccc(Cl)cc32)o1. The number of hydrogen-bond acceptors (Lipinski definition) is 4. The molecule has 0 spiro atoms. The van der Waals surface area contributed by atoms with E-state index in [1.807, 2.05) is 23.6 Å². The number of nitrogens with zero attached hydrogens (tertiary/aromatic N) is 3. The van der Waals surface area contributed by atoms with Crippen molar-refractivity contribution in [2.75, 3.05) is 0 Å². The van der Waals surface area contributed by atoms with Crippen LogP contribution in [0.25, 0.3) is 10.9 Å². The molecule has 2 aromatic heterocycles. The lowest BCUT2D eigenvalue weighted by Gasteiger charge is -2.01. The Morgan fingerprint density at radius 3 is 2.85 bits per heavy atom. The Hall–Kier alpha value is -2.14. The van der Waals surface area contributed by atoms with Gasteiger partial charge in [-0.3, -0.25) is 4.79 Å². The van der Waals surface area contributed by atoms with E-state index in [1.54, 1.807) is 12.3 Å². The topological polar surface area (TPSA) is 60.9 Å². The Balaban J connectivity index is 2.06. The van der Waals surface area contributed by atoms with Crippen LogP contribution in [0.2, 0.25) is 5.02 Å². The smallest absolute Gasteiger partial charge is 0.236 e. The number of hydrogen-bond donors (Lipinski definition) is 0. The fraction of sp³-hybridized carbons (Fsp3) is 0.214. The van der Waals surface area contributed by atoms with E-state index >= 15 is 0 Å². The number of aromatic nitrogens is 3. The predicted octanol–water partition coefficient (Wildman–Crippen LogP) is 3.10. The molecule has 1 aromatic carbocycles. The quantitative estimate of drug-likeness (QED) is 0.692. The maximum atomic E-state index is 11.1. The van der Waals surface area contributed by atoms with Crippen molar-refractivity contribution in [2.45, 2.75) is 19.9 Å². The maximum absolute atomic E-state index is 11.1. The van der Waals surface area contributed by atoms with Crippen LogP contribution in [0, 0.1) is 0 Å². The van der Waals surface area contributed by atoms with Crippen molar-refractivity contribution in [3.05, 3.63) is 46.8 Å². The second-order valence-corrected chi connectivity index (χ2v) is 4.87. The van der Waals surface area contributed by atoms with Gasteiger partial charge in [0.2, 0.25) is 11.8 Å². The zero-order valence-electron chi connectivity index (χ0n) is 10.8. The number of aldehydes is 1. The Morgan fingerprint density at radius 2 is 2.15 bits per heavy atom. The minimum Gasteiger partial charge on any atom is -0.423 e. The van der Waals surface area contributed by atoms with E-state index < -0.39 is 0 Å². The highest BCUT2D eigenvalue weighted by Crippen LogP contribution is 2.24. The molecule has 0 bridgehead atoms. The summed E-state index contributed by atoms with van der Waals surface area (Å²) in [5, 5.41) is 9.40. The third-order valence-electron chi connectivity index (χ3n) is 3.12. The van der Waals surface area contributed by atoms with Crippen LogP contribution in [0.5, 0.6) is 0 Å². The molecular formula is C14H12ClN3O2. The predicted molar refractivity (Wildman–Crippen MR) is 75.1 cm³/mol. The lowest BCUT2D eigenvalue weighted by atomic mass is 10.2. The average Bonchev–Trinajstić information content (AvgIpc) is 3.04. The lowest BCUT2D eigenvalue weighted by Crippen LogP contribution is -1.98. The summed E-state index contributed by atoms with van der Waals surface area (Å²) in [6, 6.07) is 5.42. The van der Waals surface area contributed by atoms with E-state index in [0.717, 1.165) is 17.2 Å². The minimum absolute atomic E-state index is 0.414. The standard InChI is InChI=1S/C14H12ClN3O2/c1-2-13-16-17-14(20-13)7-18-6-9(8-19)11-4-3-10(15)5-12(11)18/h3-6,8H,2,7H2,1H3. The minimum atomic E-state index is 0.414. The van der Waals surface area contributed by atoms with Crippen molar-refractivity contribution < 1.29 is 9.21 Å². The fourth-order valence-electron chi connectivity index (χ4n) is 2.16. The first-order valence-electron chi connectivity index (χ1n) is 6.26. The molecule has 0 radical (unpaired) electrons. The number of aryl methyl sites for hydroxylation is 1. The van der Waals surface area contributed by atoms with E-state index in [-0.39, 0.29) is 0 Å². The summed E-state index contributed by atoms with van der Waals surface area (Å²) in [7, 11) is 0. The zero-order valence-corrected chi connectivity index (χ0v) is 11.6. The second-order valence-electron chi connectivity index (χ2n) is 4.43. The van der Waals surface area contributed by atoms with Gasteiger partial charge in [0.25, 0.3) is 0 Å². The normalized spacial score (nSPS) is 11.1. The van der Waals surface area contributed by atoms with Crippen LogP contribution in [-0.2, 0) is 13.0 Å². The molecule has 0 fully saturated rings. The first kappa shape index (κ1) is 12.9. The molecule has 0 aliphatic carbocycles. The molecule has 0 saturated carbocycles. The van der Waals surface area contributed by atoms with Gasteiger partial charge in [0.05, 0.1) is 5.52 Å². The molecule has 102 valence electrons. The third-order valence-corrected chi connectivity index (χ3v) is 3.35. The monoisotopic (exact) mass is 289 g/mol. The molecule has 0 aliphatic rings. The molecule has 0 amide bonds. The van der Waals surface area contributed by atoms with Crippen LogP contribution in [0.4, 0.5) is 0 Å². The molecule has 3 rings (SSSR count). The van der Waals surface area contributed by atoms with Crippen molar-refractivity contribution in [3.63, 3.8) is 0 Å². The third kappa shape index (κ3) is 2.20. The van der Waals surface area contributed by atoms with Gasteiger partial charge in [-0.1, -0.05) is 24.6 Å². The van der Waals surface area contributed by atoms with E-state index in [1.165, 1.54) is 0 Å². The van der Waals surface area contributed by atoms with E-state index in [4.69, 9.17) is 16.0 Å². The summed E-state index contributed by atoms with van der Waals surface area (Å²) in [6.07, 6.45) is 3.30. The number of benzene rings is 1. The molecule has 6 heteroatoms. The maximum Gasteiger partial charge on any atom is 0.236 e. The number of carbonyl (C=O) groups excluding carboxylic acids is 1. The van der Waals surface area contributed by atoms with E-state index in [0.29, 0.717) is 35.3 Å². The summed E-state index contributed by atoms with van der Waals surface area (Å²) in [6.45, 7) is 2.37. The van der Waals surface area contributed by atoms with Gasteiger partial charge >= 0.3 is 0 Å². The molecule has 2 heterocycles. The van der Waals surface area contributed by atoms with E-state index in [9.17, 15) is 4.79 Å². The van der Waals surface area contributed by atoms with Crippen molar-refractivity contribution in [3.8, 4) is 0 Å². The van der Waals surface area contributed by atoms with Crippen molar-refractivity contribution in [1.82, 2.24) is 14.8 Å². The highest BCUT2D eigenvalue weighted by atomic mass is 35.5.